The molecule has 21 heavy (non-hydrogen) atoms. The number of hydrogen-bond donors (Lipinski definition) is 2. The fraction of sp³-hybridized carbons (Fsp3) is 0.688. The quantitative estimate of drug-likeness (QED) is 0.895. The van der Waals surface area contributed by atoms with Gasteiger partial charge < -0.3 is 11.1 Å². The second kappa shape index (κ2) is 6.07. The predicted octanol–water partition coefficient (Wildman–Crippen LogP) is 2.05. The molecule has 3 rings (SSSR count). The van der Waals surface area contributed by atoms with Crippen molar-refractivity contribution in [1.82, 2.24) is 10.2 Å². The van der Waals surface area contributed by atoms with E-state index in [0.717, 1.165) is 32.4 Å². The van der Waals surface area contributed by atoms with Crippen LogP contribution < -0.4 is 11.1 Å². The molecule has 2 aliphatic heterocycles. The highest BCUT2D eigenvalue weighted by Crippen LogP contribution is 2.38. The van der Waals surface area contributed by atoms with Crippen molar-refractivity contribution in [2.75, 3.05) is 13.1 Å². The number of rotatable bonds is 4. The molecule has 1 aromatic heterocycles. The third kappa shape index (κ3) is 2.62. The van der Waals surface area contributed by atoms with Crippen LogP contribution >= 0.6 is 11.3 Å². The Morgan fingerprint density at radius 2 is 2.38 bits per heavy atom. The molecule has 0 radical (unpaired) electrons. The molecule has 2 saturated heterocycles. The average Bonchev–Trinajstić information content (AvgIpc) is 3.07. The first-order valence-electron chi connectivity index (χ1n) is 7.96. The fourth-order valence-electron chi connectivity index (χ4n) is 3.83. The van der Waals surface area contributed by atoms with E-state index in [1.165, 1.54) is 10.4 Å². The molecule has 0 aliphatic carbocycles. The highest BCUT2D eigenvalue weighted by atomic mass is 32.1. The van der Waals surface area contributed by atoms with Crippen LogP contribution in [0.25, 0.3) is 0 Å². The van der Waals surface area contributed by atoms with E-state index in [0.29, 0.717) is 6.04 Å². The van der Waals surface area contributed by atoms with E-state index >= 15 is 0 Å². The number of fused-ring (bicyclic) bond motifs is 1. The summed E-state index contributed by atoms with van der Waals surface area (Å²) in [7, 11) is 0. The minimum atomic E-state index is 0.122. The number of nitrogens with two attached hydrogens (primary N) is 1. The Labute approximate surface area is 130 Å². The lowest BCUT2D eigenvalue weighted by atomic mass is 9.88. The average molecular weight is 307 g/mol. The minimum Gasteiger partial charge on any atom is -0.354 e. The van der Waals surface area contributed by atoms with Gasteiger partial charge in [0, 0.05) is 23.5 Å². The topological polar surface area (TPSA) is 58.4 Å². The van der Waals surface area contributed by atoms with Gasteiger partial charge in [-0.1, -0.05) is 6.92 Å². The van der Waals surface area contributed by atoms with Crippen molar-refractivity contribution in [2.24, 2.45) is 11.7 Å². The molecule has 3 N–H and O–H groups in total. The van der Waals surface area contributed by atoms with Crippen molar-refractivity contribution >= 4 is 17.2 Å². The lowest BCUT2D eigenvalue weighted by Gasteiger charge is -2.43. The molecule has 0 bridgehead atoms. The van der Waals surface area contributed by atoms with E-state index in [2.05, 4.69) is 35.5 Å². The Balaban J connectivity index is 1.93. The second-order valence-electron chi connectivity index (χ2n) is 6.28. The zero-order valence-electron chi connectivity index (χ0n) is 12.8. The van der Waals surface area contributed by atoms with Gasteiger partial charge in [-0.2, -0.15) is 0 Å². The van der Waals surface area contributed by atoms with E-state index in [1.807, 2.05) is 0 Å². The monoisotopic (exact) mass is 307 g/mol. The minimum absolute atomic E-state index is 0.122. The SMILES string of the molecule is CCC(N)C(c1sccc1C)N1CCCC2C(=O)NCC21. The van der Waals surface area contributed by atoms with Crippen LogP contribution in [0.1, 0.15) is 42.7 Å². The number of aryl methyl sites for hydroxylation is 1. The number of hydrogen-bond acceptors (Lipinski definition) is 4. The summed E-state index contributed by atoms with van der Waals surface area (Å²) in [5.74, 6) is 0.391. The number of piperidine rings is 1. The van der Waals surface area contributed by atoms with Crippen LogP contribution in [-0.4, -0.2) is 36.0 Å². The summed E-state index contributed by atoms with van der Waals surface area (Å²) in [5.41, 5.74) is 7.81. The van der Waals surface area contributed by atoms with Gasteiger partial charge in [-0.25, -0.2) is 0 Å². The van der Waals surface area contributed by atoms with Crippen LogP contribution in [-0.2, 0) is 4.79 Å². The molecule has 2 aliphatic rings. The van der Waals surface area contributed by atoms with Crippen LogP contribution in [0.2, 0.25) is 0 Å². The molecule has 4 atom stereocenters. The van der Waals surface area contributed by atoms with Gasteiger partial charge in [0.25, 0.3) is 0 Å². The third-order valence-electron chi connectivity index (χ3n) is 5.05. The molecule has 0 saturated carbocycles. The van der Waals surface area contributed by atoms with E-state index in [4.69, 9.17) is 5.73 Å². The van der Waals surface area contributed by atoms with Crippen LogP contribution in [0.4, 0.5) is 0 Å². The molecule has 1 aromatic rings. The first-order chi connectivity index (χ1) is 10.1. The van der Waals surface area contributed by atoms with E-state index < -0.39 is 0 Å². The summed E-state index contributed by atoms with van der Waals surface area (Å²) in [6, 6.07) is 2.86. The van der Waals surface area contributed by atoms with Crippen LogP contribution in [0.15, 0.2) is 11.4 Å². The molecule has 0 spiro atoms. The summed E-state index contributed by atoms with van der Waals surface area (Å²) in [6.07, 6.45) is 3.06. The number of nitrogens with zero attached hydrogens (tertiary/aromatic N) is 1. The number of nitrogens with one attached hydrogen (secondary N) is 1. The Hall–Kier alpha value is -0.910. The van der Waals surface area contributed by atoms with E-state index in [-0.39, 0.29) is 23.9 Å². The highest BCUT2D eigenvalue weighted by molar-refractivity contribution is 7.10. The number of amides is 1. The maximum atomic E-state index is 12.0. The second-order valence-corrected chi connectivity index (χ2v) is 7.23. The number of likely N-dealkylation sites (tertiary alicyclic amines) is 1. The Kier molecular flexibility index (Phi) is 4.33. The Bertz CT molecular complexity index is 515. The zero-order chi connectivity index (χ0) is 15.0. The summed E-state index contributed by atoms with van der Waals surface area (Å²) in [5, 5.41) is 5.20. The fourth-order valence-corrected chi connectivity index (χ4v) is 4.95. The van der Waals surface area contributed by atoms with Crippen LogP contribution in [0, 0.1) is 12.8 Å². The van der Waals surface area contributed by atoms with Crippen molar-refractivity contribution in [1.29, 1.82) is 0 Å². The first-order valence-corrected chi connectivity index (χ1v) is 8.84. The van der Waals surface area contributed by atoms with Crippen molar-refractivity contribution in [3.05, 3.63) is 21.9 Å². The molecule has 4 nitrogen and oxygen atoms in total. The van der Waals surface area contributed by atoms with E-state index in [1.54, 1.807) is 11.3 Å². The van der Waals surface area contributed by atoms with Gasteiger partial charge in [-0.3, -0.25) is 9.69 Å². The van der Waals surface area contributed by atoms with Gasteiger partial charge >= 0.3 is 0 Å². The molecule has 5 heteroatoms. The van der Waals surface area contributed by atoms with Crippen LogP contribution in [0.5, 0.6) is 0 Å². The summed E-state index contributed by atoms with van der Waals surface area (Å²) >= 11 is 1.80. The van der Waals surface area contributed by atoms with Gasteiger partial charge in [-0.05, 0) is 49.7 Å². The Morgan fingerprint density at radius 1 is 1.57 bits per heavy atom. The zero-order valence-corrected chi connectivity index (χ0v) is 13.7. The smallest absolute Gasteiger partial charge is 0.224 e. The number of carbonyl (C=O) groups is 1. The van der Waals surface area contributed by atoms with Gasteiger partial charge in [0.05, 0.1) is 12.0 Å². The molecule has 4 unspecified atom stereocenters. The summed E-state index contributed by atoms with van der Waals surface area (Å²) in [4.78, 5) is 15.9. The van der Waals surface area contributed by atoms with Crippen LogP contribution in [0.3, 0.4) is 0 Å². The van der Waals surface area contributed by atoms with Gasteiger partial charge in [0.15, 0.2) is 0 Å². The Morgan fingerprint density at radius 3 is 3.05 bits per heavy atom. The standard InChI is InChI=1S/C16H25N3OS/c1-3-12(17)14(15-10(2)6-8-21-15)19-7-4-5-11-13(19)9-18-16(11)20/h6,8,11-14H,3-5,7,9,17H2,1-2H3,(H,18,20). The largest absolute Gasteiger partial charge is 0.354 e. The van der Waals surface area contributed by atoms with Gasteiger partial charge in [0.1, 0.15) is 0 Å². The molecule has 1 amide bonds. The summed E-state index contributed by atoms with van der Waals surface area (Å²) in [6.45, 7) is 6.15. The van der Waals surface area contributed by atoms with Crippen molar-refractivity contribution in [3.63, 3.8) is 0 Å². The maximum absolute atomic E-state index is 12.0. The normalized spacial score (nSPS) is 29.0. The highest BCUT2D eigenvalue weighted by Gasteiger charge is 2.44. The lowest BCUT2D eigenvalue weighted by Crippen LogP contribution is -2.51. The molecule has 116 valence electrons. The third-order valence-corrected chi connectivity index (χ3v) is 6.14. The molecular formula is C16H25N3OS. The first kappa shape index (κ1) is 15.0. The predicted molar refractivity (Wildman–Crippen MR) is 86.3 cm³/mol. The van der Waals surface area contributed by atoms with Crippen molar-refractivity contribution in [3.8, 4) is 0 Å². The number of thiophene rings is 1. The van der Waals surface area contributed by atoms with Gasteiger partial charge in [-0.15, -0.1) is 11.3 Å². The summed E-state index contributed by atoms with van der Waals surface area (Å²) < 4.78 is 0. The van der Waals surface area contributed by atoms with E-state index in [9.17, 15) is 4.79 Å². The van der Waals surface area contributed by atoms with Crippen molar-refractivity contribution in [2.45, 2.75) is 51.2 Å². The maximum Gasteiger partial charge on any atom is 0.224 e. The molecule has 3 heterocycles. The van der Waals surface area contributed by atoms with Crippen molar-refractivity contribution < 1.29 is 4.79 Å². The molecule has 2 fully saturated rings. The lowest BCUT2D eigenvalue weighted by molar-refractivity contribution is -0.124. The van der Waals surface area contributed by atoms with Gasteiger partial charge in [0.2, 0.25) is 5.91 Å². The number of carbonyl (C=O) groups excluding carboxylic acids is 1. The molecule has 0 aromatic carbocycles. The molecular weight excluding hydrogens is 282 g/mol.